The number of thiazole rings is 1. The Morgan fingerprint density at radius 1 is 1.50 bits per heavy atom. The van der Waals surface area contributed by atoms with Crippen molar-refractivity contribution in [2.75, 3.05) is 25.0 Å². The third kappa shape index (κ3) is 2.59. The summed E-state index contributed by atoms with van der Waals surface area (Å²) < 4.78 is 1.49. The molecule has 2 aromatic rings. The van der Waals surface area contributed by atoms with Crippen LogP contribution in [-0.4, -0.2) is 33.9 Å². The minimum atomic E-state index is -0.408. The largest absolute Gasteiger partial charge is 0.372 e. The first-order chi connectivity index (χ1) is 8.74. The highest BCUT2D eigenvalue weighted by Gasteiger charge is 2.22. The smallest absolute Gasteiger partial charge is 0.362 e. The first-order valence-corrected chi connectivity index (χ1v) is 6.66. The van der Waals surface area contributed by atoms with E-state index in [4.69, 9.17) is 0 Å². The molecule has 0 radical (unpaired) electrons. The van der Waals surface area contributed by atoms with E-state index in [2.05, 4.69) is 22.5 Å². The lowest BCUT2D eigenvalue weighted by Gasteiger charge is -2.04. The Balaban J connectivity index is 2.05. The van der Waals surface area contributed by atoms with Crippen molar-refractivity contribution in [3.8, 4) is 0 Å². The van der Waals surface area contributed by atoms with Crippen LogP contribution < -0.4 is 10.6 Å². The molecule has 0 unspecified atom stereocenters. The van der Waals surface area contributed by atoms with Gasteiger partial charge in [0.25, 0.3) is 4.96 Å². The van der Waals surface area contributed by atoms with Gasteiger partial charge in [0, 0.05) is 18.5 Å². The predicted molar refractivity (Wildman–Crippen MR) is 71.4 cm³/mol. The molecule has 2 N–H and O–H groups in total. The summed E-state index contributed by atoms with van der Waals surface area (Å²) in [5.41, 5.74) is 0. The van der Waals surface area contributed by atoms with Gasteiger partial charge in [-0.15, -0.1) is 0 Å². The third-order valence-electron chi connectivity index (χ3n) is 2.43. The number of nitro groups is 1. The van der Waals surface area contributed by atoms with Crippen molar-refractivity contribution in [3.05, 3.63) is 21.7 Å². The Morgan fingerprint density at radius 2 is 2.33 bits per heavy atom. The van der Waals surface area contributed by atoms with Gasteiger partial charge >= 0.3 is 5.82 Å². The van der Waals surface area contributed by atoms with Crippen LogP contribution >= 0.6 is 11.3 Å². The van der Waals surface area contributed by atoms with Crippen LogP contribution in [0, 0.1) is 10.1 Å². The number of hydrogen-bond acceptors (Lipinski definition) is 6. The van der Waals surface area contributed by atoms with Crippen molar-refractivity contribution in [1.82, 2.24) is 14.7 Å². The molecule has 0 bridgehead atoms. The second kappa shape index (κ2) is 5.78. The summed E-state index contributed by atoms with van der Waals surface area (Å²) in [6.45, 7) is 4.42. The monoisotopic (exact) mass is 269 g/mol. The van der Waals surface area contributed by atoms with Crippen molar-refractivity contribution in [3.63, 3.8) is 0 Å². The van der Waals surface area contributed by atoms with Crippen molar-refractivity contribution in [2.24, 2.45) is 0 Å². The molecule has 0 amide bonds. The van der Waals surface area contributed by atoms with Gasteiger partial charge in [0.1, 0.15) is 6.20 Å². The van der Waals surface area contributed by atoms with Crippen LogP contribution in [0.5, 0.6) is 0 Å². The Kier molecular flexibility index (Phi) is 4.11. The maximum Gasteiger partial charge on any atom is 0.372 e. The van der Waals surface area contributed by atoms with Crippen LogP contribution in [0.25, 0.3) is 4.96 Å². The van der Waals surface area contributed by atoms with Gasteiger partial charge in [-0.25, -0.2) is 0 Å². The van der Waals surface area contributed by atoms with E-state index in [-0.39, 0.29) is 5.82 Å². The van der Waals surface area contributed by atoms with E-state index in [1.54, 1.807) is 11.6 Å². The van der Waals surface area contributed by atoms with Gasteiger partial charge in [0.15, 0.2) is 0 Å². The van der Waals surface area contributed by atoms with Gasteiger partial charge < -0.3 is 20.7 Å². The van der Waals surface area contributed by atoms with E-state index < -0.39 is 4.92 Å². The molecule has 0 atom stereocenters. The molecule has 0 aliphatic carbocycles. The minimum Gasteiger partial charge on any atom is -0.362 e. The van der Waals surface area contributed by atoms with E-state index in [1.807, 2.05) is 0 Å². The fourth-order valence-electron chi connectivity index (χ4n) is 1.64. The molecule has 0 saturated carbocycles. The molecule has 2 aromatic heterocycles. The summed E-state index contributed by atoms with van der Waals surface area (Å²) in [4.78, 5) is 15.5. The molecule has 0 aromatic carbocycles. The molecule has 2 heterocycles. The predicted octanol–water partition coefficient (Wildman–Crippen LogP) is 1.72. The lowest BCUT2D eigenvalue weighted by Crippen LogP contribution is -2.23. The molecule has 8 heteroatoms. The number of rotatable bonds is 7. The van der Waals surface area contributed by atoms with Gasteiger partial charge in [-0.2, -0.15) is 9.38 Å². The van der Waals surface area contributed by atoms with Crippen molar-refractivity contribution >= 4 is 27.9 Å². The van der Waals surface area contributed by atoms with Crippen LogP contribution in [0.4, 0.5) is 11.6 Å². The maximum atomic E-state index is 11.0. The summed E-state index contributed by atoms with van der Waals surface area (Å²) in [6, 6.07) is 0. The van der Waals surface area contributed by atoms with E-state index >= 15 is 0 Å². The van der Waals surface area contributed by atoms with E-state index in [9.17, 15) is 10.1 Å². The number of anilines is 1. The van der Waals surface area contributed by atoms with Crippen LogP contribution in [0.3, 0.4) is 0 Å². The molecule has 0 spiro atoms. The summed E-state index contributed by atoms with van der Waals surface area (Å²) in [7, 11) is 0. The van der Waals surface area contributed by atoms with Gasteiger partial charge in [-0.05, 0) is 17.9 Å². The van der Waals surface area contributed by atoms with Gasteiger partial charge in [0.2, 0.25) is 5.82 Å². The molecule has 18 heavy (non-hydrogen) atoms. The average Bonchev–Trinajstić information content (AvgIpc) is 2.87. The SMILES string of the molecule is CCCNCCNc1nc2sccn2c1[N+](=O)[O-]. The summed E-state index contributed by atoms with van der Waals surface area (Å²) >= 11 is 1.38. The number of aromatic nitrogens is 2. The Labute approximate surface area is 108 Å². The Bertz CT molecular complexity index is 535. The van der Waals surface area contributed by atoms with Crippen LogP contribution in [0.15, 0.2) is 11.6 Å². The second-order valence-electron chi connectivity index (χ2n) is 3.77. The maximum absolute atomic E-state index is 11.0. The molecular formula is C10H15N5O2S. The van der Waals surface area contributed by atoms with Crippen LogP contribution in [-0.2, 0) is 0 Å². The standard InChI is InChI=1S/C10H15N5O2S/c1-2-3-11-4-5-12-8-9(15(16)17)14-6-7-18-10(14)13-8/h6-7,11-12H,2-5H2,1H3. The zero-order valence-corrected chi connectivity index (χ0v) is 10.9. The molecule has 0 aliphatic heterocycles. The molecule has 0 fully saturated rings. The second-order valence-corrected chi connectivity index (χ2v) is 4.65. The van der Waals surface area contributed by atoms with Crippen LogP contribution in [0.2, 0.25) is 0 Å². The van der Waals surface area contributed by atoms with Gasteiger partial charge in [-0.3, -0.25) is 0 Å². The Morgan fingerprint density at radius 3 is 3.06 bits per heavy atom. The first-order valence-electron chi connectivity index (χ1n) is 5.78. The fourth-order valence-corrected chi connectivity index (χ4v) is 2.35. The minimum absolute atomic E-state index is 0.00161. The number of fused-ring (bicyclic) bond motifs is 1. The van der Waals surface area contributed by atoms with Crippen LogP contribution in [0.1, 0.15) is 13.3 Å². The van der Waals surface area contributed by atoms with Crippen molar-refractivity contribution in [1.29, 1.82) is 0 Å². The molecule has 7 nitrogen and oxygen atoms in total. The molecular weight excluding hydrogens is 254 g/mol. The van der Waals surface area contributed by atoms with E-state index in [0.29, 0.717) is 17.3 Å². The normalized spacial score (nSPS) is 10.9. The highest BCUT2D eigenvalue weighted by molar-refractivity contribution is 7.15. The zero-order chi connectivity index (χ0) is 13.0. The van der Waals surface area contributed by atoms with Crippen molar-refractivity contribution < 1.29 is 4.92 Å². The van der Waals surface area contributed by atoms with Crippen molar-refractivity contribution in [2.45, 2.75) is 13.3 Å². The number of nitrogens with one attached hydrogen (secondary N) is 2. The lowest BCUT2D eigenvalue weighted by atomic mass is 10.4. The van der Waals surface area contributed by atoms with E-state index in [0.717, 1.165) is 19.5 Å². The number of hydrogen-bond donors (Lipinski definition) is 2. The summed E-state index contributed by atoms with van der Waals surface area (Å²) in [5.74, 6) is 0.340. The first kappa shape index (κ1) is 12.8. The highest BCUT2D eigenvalue weighted by atomic mass is 32.1. The Hall–Kier alpha value is -1.67. The third-order valence-corrected chi connectivity index (χ3v) is 3.19. The quantitative estimate of drug-likeness (QED) is 0.454. The number of imidazole rings is 1. The van der Waals surface area contributed by atoms with E-state index in [1.165, 1.54) is 15.7 Å². The molecule has 98 valence electrons. The zero-order valence-electron chi connectivity index (χ0n) is 10.0. The lowest BCUT2D eigenvalue weighted by molar-refractivity contribution is -0.389. The van der Waals surface area contributed by atoms with Gasteiger partial charge in [-0.1, -0.05) is 18.3 Å². The summed E-state index contributed by atoms with van der Waals surface area (Å²) in [6.07, 6.45) is 2.73. The fraction of sp³-hybridized carbons (Fsp3) is 0.500. The molecule has 0 saturated heterocycles. The summed E-state index contributed by atoms with van der Waals surface area (Å²) in [5, 5.41) is 19.0. The van der Waals surface area contributed by atoms with Gasteiger partial charge in [0.05, 0.1) is 0 Å². The highest BCUT2D eigenvalue weighted by Crippen LogP contribution is 2.27. The number of nitrogens with zero attached hydrogens (tertiary/aromatic N) is 3. The molecule has 2 rings (SSSR count). The molecule has 0 aliphatic rings. The topological polar surface area (TPSA) is 84.5 Å². The average molecular weight is 269 g/mol.